The molecule has 2 aromatic carbocycles. The Balaban J connectivity index is 1.35. The average molecular weight is 423 g/mol. The van der Waals surface area contributed by atoms with E-state index in [0.717, 1.165) is 62.5 Å². The largest absolute Gasteiger partial charge is 0.355 e. The van der Waals surface area contributed by atoms with E-state index in [1.54, 1.807) is 0 Å². The van der Waals surface area contributed by atoms with Crippen molar-refractivity contribution in [3.63, 3.8) is 0 Å². The third-order valence-corrected chi connectivity index (χ3v) is 6.32. The van der Waals surface area contributed by atoms with Crippen molar-refractivity contribution in [3.05, 3.63) is 58.9 Å². The van der Waals surface area contributed by atoms with Crippen molar-refractivity contribution >= 4 is 56.9 Å². The van der Waals surface area contributed by atoms with E-state index in [9.17, 15) is 4.79 Å². The first-order chi connectivity index (χ1) is 14.2. The molecule has 0 aliphatic carbocycles. The fraction of sp³-hybridized carbons (Fsp3) is 0.182. The Morgan fingerprint density at radius 2 is 1.86 bits per heavy atom. The third kappa shape index (κ3) is 3.73. The summed E-state index contributed by atoms with van der Waals surface area (Å²) in [5.74, 6) is 1.04. The fourth-order valence-corrected chi connectivity index (χ4v) is 4.60. The Morgan fingerprint density at radius 1 is 1.03 bits per heavy atom. The van der Waals surface area contributed by atoms with Crippen LogP contribution in [0.1, 0.15) is 19.3 Å². The van der Waals surface area contributed by atoms with Gasteiger partial charge in [-0.3, -0.25) is 4.79 Å². The van der Waals surface area contributed by atoms with Crippen molar-refractivity contribution in [3.8, 4) is 10.7 Å². The summed E-state index contributed by atoms with van der Waals surface area (Å²) < 4.78 is 0.748. The first-order valence-corrected chi connectivity index (χ1v) is 10.8. The molecular weight excluding hydrogens is 404 g/mol. The highest BCUT2D eigenvalue weighted by molar-refractivity contribution is 7.19. The molecule has 5 nitrogen and oxygen atoms in total. The normalized spacial score (nSPS) is 14.5. The highest BCUT2D eigenvalue weighted by atomic mass is 35.5. The van der Waals surface area contributed by atoms with E-state index in [-0.39, 0.29) is 5.91 Å². The van der Waals surface area contributed by atoms with Crippen LogP contribution in [-0.4, -0.2) is 22.4 Å². The van der Waals surface area contributed by atoms with Gasteiger partial charge in [-0.1, -0.05) is 11.6 Å². The molecule has 1 aliphatic heterocycles. The van der Waals surface area contributed by atoms with Crippen LogP contribution < -0.4 is 10.2 Å². The van der Waals surface area contributed by atoms with Crippen LogP contribution in [0.25, 0.3) is 21.7 Å². The van der Waals surface area contributed by atoms with Gasteiger partial charge in [-0.15, -0.1) is 11.3 Å². The zero-order valence-corrected chi connectivity index (χ0v) is 17.2. The maximum Gasteiger partial charge on any atom is 0.226 e. The van der Waals surface area contributed by atoms with E-state index < -0.39 is 0 Å². The maximum atomic E-state index is 12.1. The van der Waals surface area contributed by atoms with Crippen molar-refractivity contribution in [2.45, 2.75) is 19.3 Å². The minimum absolute atomic E-state index is 0.212. The van der Waals surface area contributed by atoms with Gasteiger partial charge in [0.2, 0.25) is 5.91 Å². The number of hydrogen-bond acceptors (Lipinski definition) is 4. The number of benzene rings is 2. The lowest BCUT2D eigenvalue weighted by atomic mass is 10.1. The van der Waals surface area contributed by atoms with Gasteiger partial charge in [0.05, 0.1) is 20.2 Å². The van der Waals surface area contributed by atoms with Crippen LogP contribution in [-0.2, 0) is 4.79 Å². The van der Waals surface area contributed by atoms with Crippen LogP contribution in [0.3, 0.4) is 0 Å². The molecule has 29 heavy (non-hydrogen) atoms. The quantitative estimate of drug-likeness (QED) is 0.411. The Hall–Kier alpha value is -2.83. The minimum atomic E-state index is 0.212. The van der Waals surface area contributed by atoms with Gasteiger partial charge in [-0.2, -0.15) is 0 Å². The standard InChI is InChI=1S/C22H19ClN4OS/c23-20-11-10-19(29-20)22-25-17-9-6-15(13-18(17)26-22)24-14-4-7-16(8-5-14)27-12-2-1-3-21(27)28/h4-11,13,24H,1-3,12H2,(H,25,26). The SMILES string of the molecule is O=C1CCCCN1c1ccc(Nc2ccc3[nH]c(-c4ccc(Cl)s4)nc3c2)cc1. The molecule has 1 aliphatic rings. The number of aromatic nitrogens is 2. The third-order valence-electron chi connectivity index (χ3n) is 5.08. The summed E-state index contributed by atoms with van der Waals surface area (Å²) in [6.45, 7) is 0.805. The molecule has 3 heterocycles. The van der Waals surface area contributed by atoms with Gasteiger partial charge in [0.15, 0.2) is 0 Å². The number of halogens is 1. The zero-order valence-electron chi connectivity index (χ0n) is 15.6. The van der Waals surface area contributed by atoms with Crippen LogP contribution in [0.15, 0.2) is 54.6 Å². The fourth-order valence-electron chi connectivity index (χ4n) is 3.61. The van der Waals surface area contributed by atoms with Crippen molar-refractivity contribution in [1.82, 2.24) is 9.97 Å². The van der Waals surface area contributed by atoms with E-state index in [0.29, 0.717) is 6.42 Å². The number of H-pyrrole nitrogens is 1. The predicted octanol–water partition coefficient (Wildman–Crippen LogP) is 6.21. The number of nitrogens with one attached hydrogen (secondary N) is 2. The van der Waals surface area contributed by atoms with Crippen LogP contribution in [0.4, 0.5) is 17.1 Å². The Morgan fingerprint density at radius 3 is 2.62 bits per heavy atom. The summed E-state index contributed by atoms with van der Waals surface area (Å²) in [7, 11) is 0. The van der Waals surface area contributed by atoms with Gasteiger partial charge in [-0.25, -0.2) is 4.98 Å². The van der Waals surface area contributed by atoms with Crippen LogP contribution in [0.2, 0.25) is 4.34 Å². The van der Waals surface area contributed by atoms with Crippen molar-refractivity contribution in [2.75, 3.05) is 16.8 Å². The van der Waals surface area contributed by atoms with Gasteiger partial charge in [0.1, 0.15) is 5.82 Å². The molecule has 4 aromatic rings. The van der Waals surface area contributed by atoms with Crippen LogP contribution >= 0.6 is 22.9 Å². The van der Waals surface area contributed by atoms with Gasteiger partial charge >= 0.3 is 0 Å². The van der Waals surface area contributed by atoms with Gasteiger partial charge in [0, 0.05) is 30.0 Å². The van der Waals surface area contributed by atoms with E-state index in [2.05, 4.69) is 10.3 Å². The molecular formula is C22H19ClN4OS. The lowest BCUT2D eigenvalue weighted by Gasteiger charge is -2.26. The molecule has 1 amide bonds. The smallest absolute Gasteiger partial charge is 0.226 e. The molecule has 7 heteroatoms. The Kier molecular flexibility index (Phi) is 4.73. The Labute approximate surface area is 177 Å². The summed E-state index contributed by atoms with van der Waals surface area (Å²) in [4.78, 5) is 23.0. The van der Waals surface area contributed by atoms with Gasteiger partial charge < -0.3 is 15.2 Å². The number of carbonyl (C=O) groups is 1. The summed E-state index contributed by atoms with van der Waals surface area (Å²) >= 11 is 7.54. The number of carbonyl (C=O) groups excluding carboxylic acids is 1. The monoisotopic (exact) mass is 422 g/mol. The first kappa shape index (κ1) is 18.2. The molecule has 0 spiro atoms. The number of rotatable bonds is 4. The Bertz CT molecular complexity index is 1180. The molecule has 1 saturated heterocycles. The number of amides is 1. The number of thiophene rings is 1. The predicted molar refractivity (Wildman–Crippen MR) is 120 cm³/mol. The summed E-state index contributed by atoms with van der Waals surface area (Å²) in [6, 6.07) is 17.9. The van der Waals surface area contributed by atoms with E-state index in [4.69, 9.17) is 16.6 Å². The first-order valence-electron chi connectivity index (χ1n) is 9.59. The lowest BCUT2D eigenvalue weighted by molar-refractivity contribution is -0.119. The topological polar surface area (TPSA) is 61.0 Å². The van der Waals surface area contributed by atoms with E-state index >= 15 is 0 Å². The number of nitrogens with zero attached hydrogens (tertiary/aromatic N) is 2. The second-order valence-corrected chi connectivity index (χ2v) is 8.81. The second kappa shape index (κ2) is 7.54. The van der Waals surface area contributed by atoms with E-state index in [1.807, 2.05) is 59.5 Å². The summed E-state index contributed by atoms with van der Waals surface area (Å²) in [5, 5.41) is 3.41. The highest BCUT2D eigenvalue weighted by Crippen LogP contribution is 2.31. The molecule has 2 N–H and O–H groups in total. The lowest BCUT2D eigenvalue weighted by Crippen LogP contribution is -2.35. The number of imidazole rings is 1. The number of fused-ring (bicyclic) bond motifs is 1. The molecule has 0 saturated carbocycles. The number of anilines is 3. The molecule has 1 fully saturated rings. The zero-order chi connectivity index (χ0) is 19.8. The molecule has 0 radical (unpaired) electrons. The van der Waals surface area contributed by atoms with E-state index in [1.165, 1.54) is 11.3 Å². The minimum Gasteiger partial charge on any atom is -0.355 e. The van der Waals surface area contributed by atoms with Crippen molar-refractivity contribution < 1.29 is 4.79 Å². The van der Waals surface area contributed by atoms with Gasteiger partial charge in [-0.05, 0) is 67.4 Å². The maximum absolute atomic E-state index is 12.1. The van der Waals surface area contributed by atoms with Crippen LogP contribution in [0, 0.1) is 0 Å². The molecule has 5 rings (SSSR count). The molecule has 0 bridgehead atoms. The molecule has 146 valence electrons. The summed E-state index contributed by atoms with van der Waals surface area (Å²) in [5.41, 5.74) is 4.77. The van der Waals surface area contributed by atoms with Gasteiger partial charge in [0.25, 0.3) is 0 Å². The molecule has 0 unspecified atom stereocenters. The van der Waals surface area contributed by atoms with Crippen LogP contribution in [0.5, 0.6) is 0 Å². The van der Waals surface area contributed by atoms with Crippen molar-refractivity contribution in [2.24, 2.45) is 0 Å². The molecule has 0 atom stereocenters. The van der Waals surface area contributed by atoms with Crippen molar-refractivity contribution in [1.29, 1.82) is 0 Å². The summed E-state index contributed by atoms with van der Waals surface area (Å²) in [6.07, 6.45) is 2.70. The number of aromatic amines is 1. The highest BCUT2D eigenvalue weighted by Gasteiger charge is 2.19. The average Bonchev–Trinajstić information content (AvgIpc) is 3.35. The second-order valence-electron chi connectivity index (χ2n) is 7.10. The molecule has 2 aromatic heterocycles. The number of hydrogen-bond donors (Lipinski definition) is 2. The number of piperidine rings is 1.